The van der Waals surface area contributed by atoms with Crippen LogP contribution in [0.2, 0.25) is 0 Å². The van der Waals surface area contributed by atoms with E-state index in [2.05, 4.69) is 35.3 Å². The number of carbonyl (C=O) groups is 1. The van der Waals surface area contributed by atoms with E-state index in [9.17, 15) is 9.18 Å². The highest BCUT2D eigenvalue weighted by Gasteiger charge is 2.18. The van der Waals surface area contributed by atoms with E-state index in [1.165, 1.54) is 24.9 Å². The molecule has 3 aromatic heterocycles. The molecule has 1 aliphatic heterocycles. The van der Waals surface area contributed by atoms with Crippen LogP contribution < -0.4 is 10.2 Å². The summed E-state index contributed by atoms with van der Waals surface area (Å²) < 4.78 is 15.8. The van der Waals surface area contributed by atoms with Gasteiger partial charge in [-0.2, -0.15) is 10.1 Å². The molecule has 1 aliphatic rings. The van der Waals surface area contributed by atoms with Crippen LogP contribution in [0.15, 0.2) is 36.9 Å². The molecule has 4 heterocycles. The van der Waals surface area contributed by atoms with Gasteiger partial charge in [0.25, 0.3) is 0 Å². The van der Waals surface area contributed by atoms with Crippen LogP contribution in [0.25, 0.3) is 22.3 Å². The lowest BCUT2D eigenvalue weighted by molar-refractivity contribution is -0.115. The van der Waals surface area contributed by atoms with Crippen molar-refractivity contribution in [2.24, 2.45) is 7.05 Å². The molecule has 1 amide bonds. The molecule has 5 rings (SSSR count). The number of rotatable bonds is 5. The third-order valence-corrected chi connectivity index (χ3v) is 5.55. The quantitative estimate of drug-likeness (QED) is 0.500. The van der Waals surface area contributed by atoms with Crippen molar-refractivity contribution < 1.29 is 9.18 Å². The first-order chi connectivity index (χ1) is 15.5. The number of anilines is 2. The van der Waals surface area contributed by atoms with E-state index < -0.39 is 5.82 Å². The number of aryl methyl sites for hydroxylation is 1. The average molecular weight is 434 g/mol. The van der Waals surface area contributed by atoms with Gasteiger partial charge in [0, 0.05) is 31.9 Å². The molecule has 0 bridgehead atoms. The largest absolute Gasteiger partial charge is 0.342 e. The number of benzene rings is 1. The van der Waals surface area contributed by atoms with Crippen molar-refractivity contribution in [2.45, 2.75) is 25.7 Å². The Hall–Kier alpha value is -3.82. The van der Waals surface area contributed by atoms with Crippen LogP contribution in [0, 0.1) is 5.82 Å². The number of hydrogen-bond donors (Lipinski definition) is 2. The fraction of sp³-hybridized carbons (Fsp3) is 0.318. The Kier molecular flexibility index (Phi) is 5.26. The van der Waals surface area contributed by atoms with Crippen LogP contribution in [-0.2, 0) is 18.3 Å². The van der Waals surface area contributed by atoms with Crippen LogP contribution in [0.4, 0.5) is 16.2 Å². The third kappa shape index (κ3) is 4.16. The molecule has 10 heteroatoms. The molecular formula is C22H23FN8O. The number of aromatic amines is 1. The summed E-state index contributed by atoms with van der Waals surface area (Å²) in [5.74, 6) is 0.391. The first-order valence-corrected chi connectivity index (χ1v) is 10.6. The van der Waals surface area contributed by atoms with Gasteiger partial charge in [-0.05, 0) is 42.5 Å². The second-order valence-corrected chi connectivity index (χ2v) is 8.00. The van der Waals surface area contributed by atoms with Gasteiger partial charge in [0.15, 0.2) is 11.5 Å². The fourth-order valence-electron chi connectivity index (χ4n) is 4.02. The summed E-state index contributed by atoms with van der Waals surface area (Å²) in [6, 6.07) is 4.58. The van der Waals surface area contributed by atoms with Crippen LogP contribution in [-0.4, -0.2) is 48.7 Å². The van der Waals surface area contributed by atoms with E-state index in [4.69, 9.17) is 0 Å². The van der Waals surface area contributed by atoms with E-state index >= 15 is 0 Å². The number of fused-ring (bicyclic) bond motifs is 1. The lowest BCUT2D eigenvalue weighted by Crippen LogP contribution is -2.30. The number of aromatic nitrogens is 6. The number of amides is 1. The molecule has 164 valence electrons. The van der Waals surface area contributed by atoms with E-state index in [1.807, 2.05) is 0 Å². The summed E-state index contributed by atoms with van der Waals surface area (Å²) in [5.41, 5.74) is 3.10. The molecule has 1 fully saturated rings. The van der Waals surface area contributed by atoms with Crippen LogP contribution in [0.1, 0.15) is 24.8 Å². The van der Waals surface area contributed by atoms with E-state index in [-0.39, 0.29) is 12.3 Å². The van der Waals surface area contributed by atoms with Crippen molar-refractivity contribution in [1.29, 1.82) is 0 Å². The highest BCUT2D eigenvalue weighted by atomic mass is 19.1. The molecule has 1 aromatic carbocycles. The molecule has 9 nitrogen and oxygen atoms in total. The Morgan fingerprint density at radius 1 is 1.16 bits per heavy atom. The minimum absolute atomic E-state index is 0.00361. The molecule has 0 aliphatic carbocycles. The number of hydrogen-bond acceptors (Lipinski definition) is 6. The lowest BCUT2D eigenvalue weighted by Gasteiger charge is -2.25. The zero-order valence-corrected chi connectivity index (χ0v) is 17.7. The molecule has 2 N–H and O–H groups in total. The summed E-state index contributed by atoms with van der Waals surface area (Å²) in [6.45, 7) is 1.88. The smallest absolute Gasteiger partial charge is 0.230 e. The van der Waals surface area contributed by atoms with E-state index in [0.29, 0.717) is 28.1 Å². The van der Waals surface area contributed by atoms with Gasteiger partial charge in [-0.1, -0.05) is 6.07 Å². The number of carbonyl (C=O) groups excluding carboxylic acids is 1. The van der Waals surface area contributed by atoms with Crippen molar-refractivity contribution in [3.05, 3.63) is 48.3 Å². The van der Waals surface area contributed by atoms with Gasteiger partial charge in [0.2, 0.25) is 11.9 Å². The van der Waals surface area contributed by atoms with E-state index in [0.717, 1.165) is 37.4 Å². The minimum Gasteiger partial charge on any atom is -0.342 e. The maximum Gasteiger partial charge on any atom is 0.230 e. The summed E-state index contributed by atoms with van der Waals surface area (Å²) in [4.78, 5) is 31.2. The highest BCUT2D eigenvalue weighted by Crippen LogP contribution is 2.24. The number of nitrogens with zero attached hydrogens (tertiary/aromatic N) is 6. The number of halogens is 1. The van der Waals surface area contributed by atoms with Gasteiger partial charge in [0.05, 0.1) is 12.6 Å². The van der Waals surface area contributed by atoms with Crippen molar-refractivity contribution in [2.75, 3.05) is 23.3 Å². The van der Waals surface area contributed by atoms with E-state index in [1.54, 1.807) is 30.2 Å². The maximum atomic E-state index is 14.2. The van der Waals surface area contributed by atoms with Gasteiger partial charge in [0.1, 0.15) is 17.7 Å². The summed E-state index contributed by atoms with van der Waals surface area (Å²) >= 11 is 0. The van der Waals surface area contributed by atoms with Gasteiger partial charge in [-0.3, -0.25) is 9.48 Å². The Morgan fingerprint density at radius 3 is 2.78 bits per heavy atom. The second-order valence-electron chi connectivity index (χ2n) is 8.00. The lowest BCUT2D eigenvalue weighted by atomic mass is 10.0. The van der Waals surface area contributed by atoms with Gasteiger partial charge in [-0.15, -0.1) is 0 Å². The molecule has 1 saturated heterocycles. The van der Waals surface area contributed by atoms with Gasteiger partial charge >= 0.3 is 0 Å². The Morgan fingerprint density at radius 2 is 2.00 bits per heavy atom. The monoisotopic (exact) mass is 434 g/mol. The third-order valence-electron chi connectivity index (χ3n) is 5.55. The van der Waals surface area contributed by atoms with Crippen molar-refractivity contribution >= 4 is 28.8 Å². The first kappa shape index (κ1) is 20.1. The van der Waals surface area contributed by atoms with Crippen LogP contribution in [0.5, 0.6) is 0 Å². The minimum atomic E-state index is -0.404. The van der Waals surface area contributed by atoms with Crippen molar-refractivity contribution in [1.82, 2.24) is 29.7 Å². The molecule has 0 unspecified atom stereocenters. The number of nitrogens with one attached hydrogen (secondary N) is 2. The molecule has 0 spiro atoms. The predicted octanol–water partition coefficient (Wildman–Crippen LogP) is 3.06. The normalized spacial score (nSPS) is 14.1. The maximum absolute atomic E-state index is 14.2. The number of imidazole rings is 1. The molecule has 4 aromatic rings. The Bertz CT molecular complexity index is 1270. The number of piperidine rings is 1. The van der Waals surface area contributed by atoms with Gasteiger partial charge in [-0.25, -0.2) is 14.4 Å². The molecule has 0 saturated carbocycles. The highest BCUT2D eigenvalue weighted by molar-refractivity contribution is 5.98. The average Bonchev–Trinajstić information content (AvgIpc) is 3.41. The molecular weight excluding hydrogens is 411 g/mol. The summed E-state index contributed by atoms with van der Waals surface area (Å²) in [5, 5.41) is 6.94. The predicted molar refractivity (Wildman–Crippen MR) is 119 cm³/mol. The standard InChI is InChI=1S/C22H23FN8O/c1-30-12-16(11-26-30)15-7-14(8-17(23)10-15)9-18(32)27-20-19-21(25-13-24-20)29-22(28-19)31-5-3-2-4-6-31/h7-8,10-13H,2-6,9H2,1H3,(H2,24,25,27,28,29,32). The zero-order valence-electron chi connectivity index (χ0n) is 17.7. The van der Waals surface area contributed by atoms with Crippen LogP contribution in [0.3, 0.4) is 0 Å². The molecule has 32 heavy (non-hydrogen) atoms. The van der Waals surface area contributed by atoms with Crippen LogP contribution >= 0.6 is 0 Å². The number of H-pyrrole nitrogens is 1. The molecule has 0 radical (unpaired) electrons. The van der Waals surface area contributed by atoms with Crippen molar-refractivity contribution in [3.63, 3.8) is 0 Å². The Labute approximate surface area is 183 Å². The molecule has 0 atom stereocenters. The van der Waals surface area contributed by atoms with Crippen molar-refractivity contribution in [3.8, 4) is 11.1 Å². The summed E-state index contributed by atoms with van der Waals surface area (Å²) in [7, 11) is 1.80. The SMILES string of the molecule is Cn1cc(-c2cc(F)cc(CC(=O)Nc3ncnc4nc(N5CCCCC5)[nH]c34)c2)cn1. The first-order valence-electron chi connectivity index (χ1n) is 10.6. The fourth-order valence-corrected chi connectivity index (χ4v) is 4.02. The topological polar surface area (TPSA) is 105 Å². The summed E-state index contributed by atoms with van der Waals surface area (Å²) in [6.07, 6.45) is 8.32. The Balaban J connectivity index is 1.35. The zero-order chi connectivity index (χ0) is 22.1. The van der Waals surface area contributed by atoms with Gasteiger partial charge < -0.3 is 15.2 Å². The second kappa shape index (κ2) is 8.37.